The summed E-state index contributed by atoms with van der Waals surface area (Å²) in [6, 6.07) is 5.53. The first kappa shape index (κ1) is 12.9. The second-order valence-corrected chi connectivity index (χ2v) is 5.22. The lowest BCUT2D eigenvalue weighted by molar-refractivity contribution is 0.404. The first-order chi connectivity index (χ1) is 9.79. The van der Waals surface area contributed by atoms with E-state index in [0.29, 0.717) is 17.4 Å². The number of methoxy groups -OCH3 is 1. The fourth-order valence-electron chi connectivity index (χ4n) is 2.85. The van der Waals surface area contributed by atoms with E-state index in [9.17, 15) is 0 Å². The first-order valence-corrected chi connectivity index (χ1v) is 7.02. The molecule has 1 aromatic heterocycles. The molecule has 0 amide bonds. The van der Waals surface area contributed by atoms with Gasteiger partial charge in [-0.2, -0.15) is 4.68 Å². The van der Waals surface area contributed by atoms with Crippen LogP contribution in [0.15, 0.2) is 18.2 Å². The zero-order valence-electron chi connectivity index (χ0n) is 11.6. The zero-order valence-corrected chi connectivity index (χ0v) is 11.6. The number of ether oxygens (including phenoxy) is 1. The third-order valence-electron chi connectivity index (χ3n) is 3.90. The quantitative estimate of drug-likeness (QED) is 0.868. The number of hydrogen-bond acceptors (Lipinski definition) is 5. The SMILES string of the molecule is COc1cc(N)ccc1-n1nnnc1C1CCCCC1. The van der Waals surface area contributed by atoms with Gasteiger partial charge < -0.3 is 10.5 Å². The highest BCUT2D eigenvalue weighted by Gasteiger charge is 2.23. The molecule has 0 saturated heterocycles. The predicted octanol–water partition coefficient (Wildman–Crippen LogP) is 2.30. The summed E-state index contributed by atoms with van der Waals surface area (Å²) >= 11 is 0. The van der Waals surface area contributed by atoms with Crippen LogP contribution in [0.25, 0.3) is 5.69 Å². The molecule has 1 heterocycles. The molecule has 2 aromatic rings. The van der Waals surface area contributed by atoms with Crippen molar-refractivity contribution in [3.8, 4) is 11.4 Å². The van der Waals surface area contributed by atoms with E-state index in [4.69, 9.17) is 10.5 Å². The van der Waals surface area contributed by atoms with Gasteiger partial charge in [0.15, 0.2) is 5.82 Å². The van der Waals surface area contributed by atoms with Gasteiger partial charge in [-0.3, -0.25) is 0 Å². The van der Waals surface area contributed by atoms with E-state index in [0.717, 1.165) is 24.4 Å². The summed E-state index contributed by atoms with van der Waals surface area (Å²) < 4.78 is 7.18. The lowest BCUT2D eigenvalue weighted by Gasteiger charge is -2.21. The summed E-state index contributed by atoms with van der Waals surface area (Å²) in [7, 11) is 1.63. The van der Waals surface area contributed by atoms with Gasteiger partial charge in [0.2, 0.25) is 0 Å². The molecule has 0 radical (unpaired) electrons. The van der Waals surface area contributed by atoms with Gasteiger partial charge in [0.1, 0.15) is 11.4 Å². The maximum Gasteiger partial charge on any atom is 0.159 e. The zero-order chi connectivity index (χ0) is 13.9. The summed E-state index contributed by atoms with van der Waals surface area (Å²) in [6.45, 7) is 0. The van der Waals surface area contributed by atoms with Crippen molar-refractivity contribution in [1.82, 2.24) is 20.2 Å². The van der Waals surface area contributed by atoms with E-state index in [-0.39, 0.29) is 0 Å². The van der Waals surface area contributed by atoms with Crippen LogP contribution in [0.1, 0.15) is 43.8 Å². The van der Waals surface area contributed by atoms with Crippen LogP contribution in [0.4, 0.5) is 5.69 Å². The number of tetrazole rings is 1. The Morgan fingerprint density at radius 1 is 1.25 bits per heavy atom. The van der Waals surface area contributed by atoms with E-state index in [1.165, 1.54) is 19.3 Å². The Balaban J connectivity index is 2.00. The Morgan fingerprint density at radius 3 is 2.80 bits per heavy atom. The highest BCUT2D eigenvalue weighted by atomic mass is 16.5. The minimum Gasteiger partial charge on any atom is -0.494 e. The first-order valence-electron chi connectivity index (χ1n) is 7.02. The van der Waals surface area contributed by atoms with Crippen LogP contribution in [-0.4, -0.2) is 27.3 Å². The van der Waals surface area contributed by atoms with Gasteiger partial charge in [-0.25, -0.2) is 0 Å². The molecule has 1 aliphatic rings. The molecular formula is C14H19N5O. The number of hydrogen-bond donors (Lipinski definition) is 1. The molecule has 20 heavy (non-hydrogen) atoms. The Morgan fingerprint density at radius 2 is 2.05 bits per heavy atom. The topological polar surface area (TPSA) is 78.9 Å². The summed E-state index contributed by atoms with van der Waals surface area (Å²) in [5, 5.41) is 12.2. The number of aromatic nitrogens is 4. The van der Waals surface area contributed by atoms with Crippen molar-refractivity contribution in [2.45, 2.75) is 38.0 Å². The fourth-order valence-corrected chi connectivity index (χ4v) is 2.85. The predicted molar refractivity (Wildman–Crippen MR) is 75.9 cm³/mol. The van der Waals surface area contributed by atoms with Crippen molar-refractivity contribution < 1.29 is 4.74 Å². The van der Waals surface area contributed by atoms with Crippen molar-refractivity contribution >= 4 is 5.69 Å². The summed E-state index contributed by atoms with van der Waals surface area (Å²) in [4.78, 5) is 0. The smallest absolute Gasteiger partial charge is 0.159 e. The summed E-state index contributed by atoms with van der Waals surface area (Å²) in [5.41, 5.74) is 7.30. The van der Waals surface area contributed by atoms with E-state index in [1.807, 2.05) is 12.1 Å². The van der Waals surface area contributed by atoms with Gasteiger partial charge >= 0.3 is 0 Å². The number of nitrogen functional groups attached to an aromatic ring is 1. The van der Waals surface area contributed by atoms with Crippen LogP contribution in [-0.2, 0) is 0 Å². The maximum absolute atomic E-state index is 5.80. The van der Waals surface area contributed by atoms with Crippen molar-refractivity contribution in [2.75, 3.05) is 12.8 Å². The Labute approximate surface area is 117 Å². The second-order valence-electron chi connectivity index (χ2n) is 5.22. The van der Waals surface area contributed by atoms with Gasteiger partial charge in [-0.05, 0) is 35.4 Å². The Hall–Kier alpha value is -2.11. The Bertz CT molecular complexity index is 589. The van der Waals surface area contributed by atoms with Gasteiger partial charge in [0.05, 0.1) is 7.11 Å². The molecule has 1 fully saturated rings. The second kappa shape index (κ2) is 5.48. The molecule has 6 heteroatoms. The highest BCUT2D eigenvalue weighted by Crippen LogP contribution is 2.33. The number of nitrogens with two attached hydrogens (primary N) is 1. The monoisotopic (exact) mass is 273 g/mol. The van der Waals surface area contributed by atoms with Gasteiger partial charge in [-0.1, -0.05) is 19.3 Å². The van der Waals surface area contributed by atoms with Crippen LogP contribution in [0.3, 0.4) is 0 Å². The van der Waals surface area contributed by atoms with E-state index in [1.54, 1.807) is 17.9 Å². The molecule has 0 aliphatic heterocycles. The average Bonchev–Trinajstić information content (AvgIpc) is 2.97. The van der Waals surface area contributed by atoms with Crippen LogP contribution >= 0.6 is 0 Å². The number of nitrogens with zero attached hydrogens (tertiary/aromatic N) is 4. The van der Waals surface area contributed by atoms with E-state index < -0.39 is 0 Å². The average molecular weight is 273 g/mol. The van der Waals surface area contributed by atoms with Crippen molar-refractivity contribution in [2.24, 2.45) is 0 Å². The molecule has 1 saturated carbocycles. The largest absolute Gasteiger partial charge is 0.494 e. The third kappa shape index (κ3) is 2.33. The number of rotatable bonds is 3. The summed E-state index contributed by atoms with van der Waals surface area (Å²) in [5.74, 6) is 2.04. The fraction of sp³-hybridized carbons (Fsp3) is 0.500. The minimum atomic E-state index is 0.431. The molecular weight excluding hydrogens is 254 g/mol. The maximum atomic E-state index is 5.80. The highest BCUT2D eigenvalue weighted by molar-refractivity contribution is 5.55. The lowest BCUT2D eigenvalue weighted by Crippen LogP contribution is -2.12. The number of benzene rings is 1. The Kier molecular flexibility index (Phi) is 3.54. The van der Waals surface area contributed by atoms with E-state index >= 15 is 0 Å². The molecule has 0 spiro atoms. The van der Waals surface area contributed by atoms with Gasteiger partial charge in [0, 0.05) is 17.7 Å². The molecule has 3 rings (SSSR count). The molecule has 1 aromatic carbocycles. The third-order valence-corrected chi connectivity index (χ3v) is 3.90. The van der Waals surface area contributed by atoms with Crippen molar-refractivity contribution in [1.29, 1.82) is 0 Å². The van der Waals surface area contributed by atoms with Gasteiger partial charge in [-0.15, -0.1) is 5.10 Å². The van der Waals surface area contributed by atoms with Crippen molar-refractivity contribution in [3.63, 3.8) is 0 Å². The van der Waals surface area contributed by atoms with Gasteiger partial charge in [0.25, 0.3) is 0 Å². The lowest BCUT2D eigenvalue weighted by atomic mass is 9.88. The molecule has 6 nitrogen and oxygen atoms in total. The standard InChI is InChI=1S/C14H19N5O/c1-20-13-9-11(15)7-8-12(13)19-14(16-17-18-19)10-5-3-2-4-6-10/h7-10H,2-6,15H2,1H3. The van der Waals surface area contributed by atoms with Crippen LogP contribution in [0.2, 0.25) is 0 Å². The van der Waals surface area contributed by atoms with Crippen molar-refractivity contribution in [3.05, 3.63) is 24.0 Å². The normalized spacial score (nSPS) is 16.2. The molecule has 2 N–H and O–H groups in total. The molecule has 0 unspecified atom stereocenters. The molecule has 0 atom stereocenters. The van der Waals surface area contributed by atoms with Crippen LogP contribution in [0.5, 0.6) is 5.75 Å². The van der Waals surface area contributed by atoms with Crippen LogP contribution in [0, 0.1) is 0 Å². The molecule has 1 aliphatic carbocycles. The molecule has 106 valence electrons. The molecule has 0 bridgehead atoms. The van der Waals surface area contributed by atoms with Crippen LogP contribution < -0.4 is 10.5 Å². The minimum absolute atomic E-state index is 0.431. The van der Waals surface area contributed by atoms with E-state index in [2.05, 4.69) is 15.5 Å². The number of anilines is 1. The summed E-state index contributed by atoms with van der Waals surface area (Å²) in [6.07, 6.45) is 6.10.